The summed E-state index contributed by atoms with van der Waals surface area (Å²) in [7, 11) is 3.25. The van der Waals surface area contributed by atoms with Crippen molar-refractivity contribution in [1.82, 2.24) is 5.32 Å². The Labute approximate surface area is 95.8 Å². The fourth-order valence-corrected chi connectivity index (χ4v) is 2.25. The van der Waals surface area contributed by atoms with E-state index in [0.29, 0.717) is 0 Å². The number of carbonyl (C=O) groups is 1. The van der Waals surface area contributed by atoms with Gasteiger partial charge in [-0.25, -0.2) is 0 Å². The van der Waals surface area contributed by atoms with Crippen LogP contribution in [0.4, 0.5) is 0 Å². The van der Waals surface area contributed by atoms with E-state index in [-0.39, 0.29) is 11.9 Å². The van der Waals surface area contributed by atoms with E-state index >= 15 is 0 Å². The van der Waals surface area contributed by atoms with Crippen LogP contribution in [-0.2, 0) is 9.53 Å². The summed E-state index contributed by atoms with van der Waals surface area (Å²) in [5, 5.41) is 3.09. The van der Waals surface area contributed by atoms with Crippen molar-refractivity contribution < 1.29 is 9.53 Å². The number of aryl methyl sites for hydroxylation is 1. The molecule has 0 spiro atoms. The Morgan fingerprint density at radius 1 is 1.44 bits per heavy atom. The molecule has 0 heterocycles. The molecule has 2 atom stereocenters. The number of rotatable bonds is 3. The fraction of sp³-hybridized carbons (Fsp3) is 0.462. The van der Waals surface area contributed by atoms with E-state index in [2.05, 4.69) is 36.5 Å². The maximum Gasteiger partial charge on any atom is 0.326 e. The zero-order chi connectivity index (χ0) is 11.8. The lowest BCUT2D eigenvalue weighted by Crippen LogP contribution is -2.39. The first-order valence-electron chi connectivity index (χ1n) is 5.48. The molecule has 2 rings (SSSR count). The van der Waals surface area contributed by atoms with E-state index in [1.54, 1.807) is 0 Å². The Kier molecular flexibility index (Phi) is 2.72. The fourth-order valence-electron chi connectivity index (χ4n) is 2.25. The summed E-state index contributed by atoms with van der Waals surface area (Å²) in [6, 6.07) is 8.32. The Morgan fingerprint density at radius 2 is 2.06 bits per heavy atom. The minimum atomic E-state index is -0.496. The zero-order valence-electron chi connectivity index (χ0n) is 9.91. The van der Waals surface area contributed by atoms with Crippen LogP contribution in [0.3, 0.4) is 0 Å². The van der Waals surface area contributed by atoms with Gasteiger partial charge in [0.05, 0.1) is 7.11 Å². The molecule has 1 aromatic rings. The monoisotopic (exact) mass is 219 g/mol. The quantitative estimate of drug-likeness (QED) is 0.785. The molecule has 1 saturated carbocycles. The summed E-state index contributed by atoms with van der Waals surface area (Å²) in [5.41, 5.74) is 1.94. The van der Waals surface area contributed by atoms with E-state index in [0.717, 1.165) is 6.42 Å². The number of benzene rings is 1. The summed E-state index contributed by atoms with van der Waals surface area (Å²) < 4.78 is 4.84. The first-order valence-corrected chi connectivity index (χ1v) is 5.48. The number of likely N-dealkylation sites (N-methyl/N-ethyl adjacent to an activating group) is 1. The predicted octanol–water partition coefficient (Wildman–Crippen LogP) is 1.61. The van der Waals surface area contributed by atoms with Crippen LogP contribution < -0.4 is 5.32 Å². The van der Waals surface area contributed by atoms with Crippen molar-refractivity contribution in [3.8, 4) is 0 Å². The van der Waals surface area contributed by atoms with Gasteiger partial charge in [0.25, 0.3) is 0 Å². The molecule has 0 aromatic heterocycles. The number of carbonyl (C=O) groups excluding carboxylic acids is 1. The number of hydrogen-bond acceptors (Lipinski definition) is 3. The van der Waals surface area contributed by atoms with Gasteiger partial charge in [-0.3, -0.25) is 4.79 Å². The predicted molar refractivity (Wildman–Crippen MR) is 62.3 cm³/mol. The second-order valence-electron chi connectivity index (χ2n) is 4.38. The molecule has 86 valence electrons. The minimum absolute atomic E-state index is 0.166. The molecular weight excluding hydrogens is 202 g/mol. The molecule has 0 radical (unpaired) electrons. The molecular formula is C13H17NO2. The molecule has 16 heavy (non-hydrogen) atoms. The van der Waals surface area contributed by atoms with Crippen LogP contribution in [0.5, 0.6) is 0 Å². The molecule has 1 N–H and O–H groups in total. The van der Waals surface area contributed by atoms with Crippen LogP contribution in [0.25, 0.3) is 0 Å². The van der Waals surface area contributed by atoms with E-state index in [1.165, 1.54) is 18.2 Å². The number of hydrogen-bond donors (Lipinski definition) is 1. The normalized spacial score (nSPS) is 27.6. The summed E-state index contributed by atoms with van der Waals surface area (Å²) in [6.07, 6.45) is 0.819. The van der Waals surface area contributed by atoms with Gasteiger partial charge < -0.3 is 10.1 Å². The Hall–Kier alpha value is -1.35. The molecule has 0 aliphatic heterocycles. The van der Waals surface area contributed by atoms with E-state index in [4.69, 9.17) is 4.74 Å². The number of ether oxygens (including phenoxy) is 1. The minimum Gasteiger partial charge on any atom is -0.468 e. The first-order chi connectivity index (χ1) is 7.64. The van der Waals surface area contributed by atoms with Crippen LogP contribution in [-0.4, -0.2) is 25.7 Å². The van der Waals surface area contributed by atoms with Gasteiger partial charge in [-0.15, -0.1) is 0 Å². The highest BCUT2D eigenvalue weighted by atomic mass is 16.5. The van der Waals surface area contributed by atoms with Gasteiger partial charge in [-0.05, 0) is 26.0 Å². The Morgan fingerprint density at radius 3 is 2.56 bits per heavy atom. The Balaban J connectivity index is 2.20. The highest BCUT2D eigenvalue weighted by molar-refractivity contribution is 5.86. The van der Waals surface area contributed by atoms with Crippen LogP contribution in [0.1, 0.15) is 23.5 Å². The molecule has 1 aliphatic rings. The SMILES string of the molecule is CNC1(C(=O)OC)CC1c1ccc(C)cc1. The number of methoxy groups -OCH3 is 1. The Bertz CT molecular complexity index is 399. The molecule has 1 fully saturated rings. The van der Waals surface area contributed by atoms with Crippen molar-refractivity contribution in [3.63, 3.8) is 0 Å². The molecule has 0 saturated heterocycles. The molecule has 1 aromatic carbocycles. The molecule has 0 bridgehead atoms. The van der Waals surface area contributed by atoms with Gasteiger partial charge in [0, 0.05) is 5.92 Å². The average molecular weight is 219 g/mol. The standard InChI is InChI=1S/C13H17NO2/c1-9-4-6-10(7-5-9)11-8-13(11,14-2)12(15)16-3/h4-7,11,14H,8H2,1-3H3. The van der Waals surface area contributed by atoms with Crippen molar-refractivity contribution in [3.05, 3.63) is 35.4 Å². The third-order valence-electron chi connectivity index (χ3n) is 3.44. The van der Waals surface area contributed by atoms with Gasteiger partial charge in [0.1, 0.15) is 5.54 Å². The maximum atomic E-state index is 11.7. The molecule has 0 amide bonds. The van der Waals surface area contributed by atoms with E-state index in [9.17, 15) is 4.79 Å². The van der Waals surface area contributed by atoms with Gasteiger partial charge >= 0.3 is 5.97 Å². The largest absolute Gasteiger partial charge is 0.468 e. The summed E-state index contributed by atoms with van der Waals surface area (Å²) in [4.78, 5) is 11.7. The van der Waals surface area contributed by atoms with E-state index < -0.39 is 5.54 Å². The van der Waals surface area contributed by atoms with Crippen LogP contribution in [0.15, 0.2) is 24.3 Å². The summed E-state index contributed by atoms with van der Waals surface area (Å²) in [5.74, 6) is 0.0751. The van der Waals surface area contributed by atoms with Crippen molar-refractivity contribution in [2.24, 2.45) is 0 Å². The average Bonchev–Trinajstić information content (AvgIpc) is 3.05. The zero-order valence-corrected chi connectivity index (χ0v) is 9.91. The van der Waals surface area contributed by atoms with Crippen molar-refractivity contribution in [2.75, 3.05) is 14.2 Å². The third-order valence-corrected chi connectivity index (χ3v) is 3.44. The third kappa shape index (κ3) is 1.61. The van der Waals surface area contributed by atoms with Gasteiger partial charge in [0.2, 0.25) is 0 Å². The van der Waals surface area contributed by atoms with Crippen molar-refractivity contribution >= 4 is 5.97 Å². The number of nitrogens with one attached hydrogen (secondary N) is 1. The number of esters is 1. The van der Waals surface area contributed by atoms with Crippen molar-refractivity contribution in [1.29, 1.82) is 0 Å². The molecule has 1 aliphatic carbocycles. The lowest BCUT2D eigenvalue weighted by Gasteiger charge is -2.13. The lowest BCUT2D eigenvalue weighted by molar-refractivity contribution is -0.144. The second kappa shape index (κ2) is 3.91. The van der Waals surface area contributed by atoms with Crippen molar-refractivity contribution in [2.45, 2.75) is 24.8 Å². The molecule has 3 nitrogen and oxygen atoms in total. The van der Waals surface area contributed by atoms with Gasteiger partial charge in [0.15, 0.2) is 0 Å². The lowest BCUT2D eigenvalue weighted by atomic mass is 10.0. The highest BCUT2D eigenvalue weighted by Crippen LogP contribution is 2.51. The molecule has 2 unspecified atom stereocenters. The molecule has 3 heteroatoms. The summed E-state index contributed by atoms with van der Waals surface area (Å²) >= 11 is 0. The van der Waals surface area contributed by atoms with Gasteiger partial charge in [-0.2, -0.15) is 0 Å². The highest BCUT2D eigenvalue weighted by Gasteiger charge is 2.60. The second-order valence-corrected chi connectivity index (χ2v) is 4.38. The summed E-state index contributed by atoms with van der Waals surface area (Å²) in [6.45, 7) is 2.06. The van der Waals surface area contributed by atoms with Crippen LogP contribution >= 0.6 is 0 Å². The van der Waals surface area contributed by atoms with Gasteiger partial charge in [-0.1, -0.05) is 29.8 Å². The van der Waals surface area contributed by atoms with Crippen LogP contribution in [0.2, 0.25) is 0 Å². The maximum absolute atomic E-state index is 11.7. The first kappa shape index (κ1) is 11.1. The topological polar surface area (TPSA) is 38.3 Å². The smallest absolute Gasteiger partial charge is 0.326 e. The van der Waals surface area contributed by atoms with Crippen LogP contribution in [0, 0.1) is 6.92 Å². The van der Waals surface area contributed by atoms with E-state index in [1.807, 2.05) is 7.05 Å².